The molecule has 2 aromatic rings. The number of amides is 1. The highest BCUT2D eigenvalue weighted by molar-refractivity contribution is 5.96. The van der Waals surface area contributed by atoms with Gasteiger partial charge in [0.2, 0.25) is 0 Å². The Balaban J connectivity index is 1.45. The molecule has 1 amide bonds. The van der Waals surface area contributed by atoms with Crippen molar-refractivity contribution in [3.8, 4) is 11.5 Å². The number of benzene rings is 2. The number of likely N-dealkylation sites (tertiary alicyclic amines) is 1. The molecule has 0 aliphatic carbocycles. The number of methoxy groups -OCH3 is 1. The second-order valence-electron chi connectivity index (χ2n) is 8.15. The zero-order valence-corrected chi connectivity index (χ0v) is 18.2. The average molecular weight is 425 g/mol. The van der Waals surface area contributed by atoms with Gasteiger partial charge in [-0.3, -0.25) is 9.69 Å². The molecule has 2 aliphatic heterocycles. The summed E-state index contributed by atoms with van der Waals surface area (Å²) in [6, 6.07) is 15.6. The highest BCUT2D eigenvalue weighted by atomic mass is 16.5. The number of nitrogens with one attached hydrogen (secondary N) is 1. The second-order valence-corrected chi connectivity index (χ2v) is 8.15. The molecule has 2 aromatic carbocycles. The zero-order chi connectivity index (χ0) is 21.5. The fraction of sp³-hybridized carbons (Fsp3) is 0.480. The van der Waals surface area contributed by atoms with Crippen LogP contribution in [-0.2, 0) is 4.74 Å². The van der Waals surface area contributed by atoms with Crippen LogP contribution < -0.4 is 14.8 Å². The number of para-hydroxylation sites is 2. The van der Waals surface area contributed by atoms with Crippen LogP contribution >= 0.6 is 0 Å². The topological polar surface area (TPSA) is 60.0 Å². The predicted octanol–water partition coefficient (Wildman–Crippen LogP) is 3.82. The van der Waals surface area contributed by atoms with Crippen LogP contribution in [0.5, 0.6) is 11.5 Å². The summed E-state index contributed by atoms with van der Waals surface area (Å²) >= 11 is 0. The van der Waals surface area contributed by atoms with Crippen molar-refractivity contribution < 1.29 is 19.0 Å². The van der Waals surface area contributed by atoms with Crippen molar-refractivity contribution in [3.63, 3.8) is 0 Å². The van der Waals surface area contributed by atoms with Crippen molar-refractivity contribution in [2.45, 2.75) is 37.8 Å². The maximum absolute atomic E-state index is 13.1. The minimum Gasteiger partial charge on any atom is -0.496 e. The van der Waals surface area contributed by atoms with E-state index < -0.39 is 0 Å². The lowest BCUT2D eigenvalue weighted by atomic mass is 10.0. The van der Waals surface area contributed by atoms with E-state index in [4.69, 9.17) is 14.2 Å². The van der Waals surface area contributed by atoms with Crippen molar-refractivity contribution in [2.75, 3.05) is 40.0 Å². The molecule has 2 atom stereocenters. The lowest BCUT2D eigenvalue weighted by molar-refractivity contribution is 0.0670. The summed E-state index contributed by atoms with van der Waals surface area (Å²) < 4.78 is 17.2. The van der Waals surface area contributed by atoms with Gasteiger partial charge in [-0.15, -0.1) is 0 Å². The van der Waals surface area contributed by atoms with Gasteiger partial charge in [0.25, 0.3) is 5.91 Å². The van der Waals surface area contributed by atoms with Crippen molar-refractivity contribution in [3.05, 3.63) is 59.7 Å². The Kier molecular flexibility index (Phi) is 7.43. The third-order valence-electron chi connectivity index (χ3n) is 6.12. The molecule has 166 valence electrons. The van der Waals surface area contributed by atoms with E-state index in [1.807, 2.05) is 42.5 Å². The molecule has 2 unspecified atom stereocenters. The summed E-state index contributed by atoms with van der Waals surface area (Å²) in [5.74, 6) is 1.33. The summed E-state index contributed by atoms with van der Waals surface area (Å²) in [5, 5.41) is 3.15. The zero-order valence-electron chi connectivity index (χ0n) is 18.2. The van der Waals surface area contributed by atoms with Crippen LogP contribution in [0.3, 0.4) is 0 Å². The largest absolute Gasteiger partial charge is 0.496 e. The smallest absolute Gasteiger partial charge is 0.255 e. The SMILES string of the molecule is COc1ccccc1C(CNC(=O)c1ccccc1OCC1CCCO1)N1CCCC1. The van der Waals surface area contributed by atoms with Crippen molar-refractivity contribution >= 4 is 5.91 Å². The third-order valence-corrected chi connectivity index (χ3v) is 6.12. The molecule has 31 heavy (non-hydrogen) atoms. The van der Waals surface area contributed by atoms with Crippen LogP contribution in [0.2, 0.25) is 0 Å². The van der Waals surface area contributed by atoms with Gasteiger partial charge in [-0.1, -0.05) is 30.3 Å². The van der Waals surface area contributed by atoms with Gasteiger partial charge >= 0.3 is 0 Å². The summed E-state index contributed by atoms with van der Waals surface area (Å²) in [7, 11) is 1.69. The molecule has 2 heterocycles. The van der Waals surface area contributed by atoms with Gasteiger partial charge < -0.3 is 19.5 Å². The average Bonchev–Trinajstić information content (AvgIpc) is 3.53. The lowest BCUT2D eigenvalue weighted by Gasteiger charge is -2.29. The summed E-state index contributed by atoms with van der Waals surface area (Å²) in [6.07, 6.45) is 4.54. The van der Waals surface area contributed by atoms with E-state index in [-0.39, 0.29) is 18.1 Å². The third kappa shape index (κ3) is 5.38. The first-order chi connectivity index (χ1) is 15.3. The Morgan fingerprint density at radius 2 is 1.84 bits per heavy atom. The lowest BCUT2D eigenvalue weighted by Crippen LogP contribution is -2.37. The monoisotopic (exact) mass is 424 g/mol. The second kappa shape index (κ2) is 10.6. The minimum absolute atomic E-state index is 0.0718. The molecule has 4 rings (SSSR count). The number of ether oxygens (including phenoxy) is 3. The molecule has 0 saturated carbocycles. The predicted molar refractivity (Wildman–Crippen MR) is 120 cm³/mol. The van der Waals surface area contributed by atoms with Gasteiger partial charge in [-0.2, -0.15) is 0 Å². The fourth-order valence-corrected chi connectivity index (χ4v) is 4.45. The van der Waals surface area contributed by atoms with Crippen LogP contribution in [0, 0.1) is 0 Å². The minimum atomic E-state index is -0.123. The molecule has 0 bridgehead atoms. The van der Waals surface area contributed by atoms with E-state index in [1.54, 1.807) is 7.11 Å². The fourth-order valence-electron chi connectivity index (χ4n) is 4.45. The molecule has 2 saturated heterocycles. The number of carbonyl (C=O) groups is 1. The molecule has 2 fully saturated rings. The molecule has 0 spiro atoms. The maximum Gasteiger partial charge on any atom is 0.255 e. The van der Waals surface area contributed by atoms with Crippen LogP contribution in [0.4, 0.5) is 0 Å². The molecule has 0 aromatic heterocycles. The maximum atomic E-state index is 13.1. The Hall–Kier alpha value is -2.57. The van der Waals surface area contributed by atoms with Gasteiger partial charge in [0.15, 0.2) is 0 Å². The van der Waals surface area contributed by atoms with Gasteiger partial charge in [-0.05, 0) is 57.0 Å². The standard InChI is InChI=1S/C25H32N2O4/c1-29-23-12-4-2-10-20(23)22(27-14-6-7-15-27)17-26-25(28)21-11-3-5-13-24(21)31-18-19-9-8-16-30-19/h2-5,10-13,19,22H,6-9,14-18H2,1H3,(H,26,28). The van der Waals surface area contributed by atoms with E-state index in [9.17, 15) is 4.79 Å². The van der Waals surface area contributed by atoms with Crippen LogP contribution in [0.25, 0.3) is 0 Å². The normalized spacial score (nSPS) is 19.8. The molecule has 2 aliphatic rings. The van der Waals surface area contributed by atoms with Crippen LogP contribution in [0.1, 0.15) is 47.6 Å². The molecule has 6 heteroatoms. The molecule has 1 N–H and O–H groups in total. The summed E-state index contributed by atoms with van der Waals surface area (Å²) in [5.41, 5.74) is 1.66. The van der Waals surface area contributed by atoms with E-state index in [0.29, 0.717) is 24.5 Å². The Bertz CT molecular complexity index is 860. The first-order valence-electron chi connectivity index (χ1n) is 11.2. The summed E-state index contributed by atoms with van der Waals surface area (Å²) in [4.78, 5) is 15.5. The van der Waals surface area contributed by atoms with Crippen molar-refractivity contribution in [1.29, 1.82) is 0 Å². The molecule has 0 radical (unpaired) electrons. The van der Waals surface area contributed by atoms with E-state index in [2.05, 4.69) is 16.3 Å². The Morgan fingerprint density at radius 3 is 2.58 bits per heavy atom. The van der Waals surface area contributed by atoms with Crippen molar-refractivity contribution in [2.24, 2.45) is 0 Å². The van der Waals surface area contributed by atoms with Crippen molar-refractivity contribution in [1.82, 2.24) is 10.2 Å². The van der Waals surface area contributed by atoms with Gasteiger partial charge in [-0.25, -0.2) is 0 Å². The highest BCUT2D eigenvalue weighted by Crippen LogP contribution is 2.31. The highest BCUT2D eigenvalue weighted by Gasteiger charge is 2.27. The van der Waals surface area contributed by atoms with E-state index >= 15 is 0 Å². The van der Waals surface area contributed by atoms with Gasteiger partial charge in [0, 0.05) is 18.7 Å². The quantitative estimate of drug-likeness (QED) is 0.663. The molecular weight excluding hydrogens is 392 g/mol. The number of nitrogens with zero attached hydrogens (tertiary/aromatic N) is 1. The molecular formula is C25H32N2O4. The first-order valence-corrected chi connectivity index (χ1v) is 11.2. The van der Waals surface area contributed by atoms with E-state index in [0.717, 1.165) is 43.9 Å². The number of hydrogen-bond donors (Lipinski definition) is 1. The number of rotatable bonds is 9. The van der Waals surface area contributed by atoms with Crippen LogP contribution in [0.15, 0.2) is 48.5 Å². The number of carbonyl (C=O) groups excluding carboxylic acids is 1. The van der Waals surface area contributed by atoms with E-state index in [1.165, 1.54) is 12.8 Å². The van der Waals surface area contributed by atoms with Gasteiger partial charge in [0.1, 0.15) is 18.1 Å². The summed E-state index contributed by atoms with van der Waals surface area (Å²) in [6.45, 7) is 3.83. The first kappa shape index (κ1) is 21.7. The molecule has 6 nitrogen and oxygen atoms in total. The number of hydrogen-bond acceptors (Lipinski definition) is 5. The van der Waals surface area contributed by atoms with Crippen LogP contribution in [-0.4, -0.2) is 56.9 Å². The van der Waals surface area contributed by atoms with Gasteiger partial charge in [0.05, 0.1) is 24.8 Å². The Labute approximate surface area is 184 Å². The Morgan fingerprint density at radius 1 is 1.10 bits per heavy atom.